The van der Waals surface area contributed by atoms with E-state index < -0.39 is 6.04 Å². The zero-order valence-electron chi connectivity index (χ0n) is 13.7. The molecule has 1 aliphatic carbocycles. The Hall–Kier alpha value is -2.14. The first-order chi connectivity index (χ1) is 11.6. The van der Waals surface area contributed by atoms with Crippen LogP contribution in [0.3, 0.4) is 0 Å². The number of benzene rings is 1. The van der Waals surface area contributed by atoms with Crippen LogP contribution in [-0.2, 0) is 16.0 Å². The Labute approximate surface area is 146 Å². The Morgan fingerprint density at radius 2 is 1.92 bits per heavy atom. The number of carbonyl (C=O) groups excluding carboxylic acids is 2. The molecule has 4 nitrogen and oxygen atoms in total. The van der Waals surface area contributed by atoms with E-state index in [9.17, 15) is 9.59 Å². The van der Waals surface area contributed by atoms with E-state index >= 15 is 0 Å². The van der Waals surface area contributed by atoms with Crippen LogP contribution in [0.2, 0.25) is 0 Å². The Bertz CT molecular complexity index is 681. The zero-order chi connectivity index (χ0) is 16.9. The summed E-state index contributed by atoms with van der Waals surface area (Å²) in [6.45, 7) is 1.87. The number of hydrogen-bond donors (Lipinski definition) is 2. The predicted octanol–water partition coefficient (Wildman–Crippen LogP) is 2.86. The summed E-state index contributed by atoms with van der Waals surface area (Å²) in [4.78, 5) is 25.1. The first-order valence-electron chi connectivity index (χ1n) is 8.30. The maximum atomic E-state index is 12.6. The van der Waals surface area contributed by atoms with E-state index in [-0.39, 0.29) is 23.8 Å². The number of rotatable bonds is 7. The van der Waals surface area contributed by atoms with Crippen LogP contribution in [0, 0.1) is 0 Å². The van der Waals surface area contributed by atoms with Gasteiger partial charge in [0.05, 0.1) is 5.92 Å². The number of hydrogen-bond acceptors (Lipinski definition) is 3. The largest absolute Gasteiger partial charge is 0.352 e. The minimum absolute atomic E-state index is 0.0905. The predicted molar refractivity (Wildman–Crippen MR) is 96.0 cm³/mol. The minimum Gasteiger partial charge on any atom is -0.352 e. The maximum absolute atomic E-state index is 12.6. The molecule has 1 aromatic carbocycles. The normalized spacial score (nSPS) is 16.2. The molecule has 1 fully saturated rings. The second-order valence-corrected chi connectivity index (χ2v) is 7.09. The first-order valence-corrected chi connectivity index (χ1v) is 9.24. The number of amides is 2. The van der Waals surface area contributed by atoms with E-state index in [4.69, 9.17) is 0 Å². The Kier molecular flexibility index (Phi) is 5.30. The molecule has 0 radical (unpaired) electrons. The lowest BCUT2D eigenvalue weighted by atomic mass is 10.0. The Balaban J connectivity index is 1.68. The average Bonchev–Trinajstić information content (AvgIpc) is 3.23. The lowest BCUT2D eigenvalue weighted by molar-refractivity contribution is -0.129. The van der Waals surface area contributed by atoms with Gasteiger partial charge >= 0.3 is 0 Å². The van der Waals surface area contributed by atoms with E-state index in [2.05, 4.69) is 10.6 Å². The molecule has 0 aliphatic heterocycles. The van der Waals surface area contributed by atoms with Crippen LogP contribution < -0.4 is 10.6 Å². The Morgan fingerprint density at radius 1 is 1.17 bits per heavy atom. The highest BCUT2D eigenvalue weighted by atomic mass is 32.1. The fourth-order valence-corrected chi connectivity index (χ4v) is 3.31. The highest BCUT2D eigenvalue weighted by Crippen LogP contribution is 2.20. The molecule has 1 heterocycles. The van der Waals surface area contributed by atoms with Gasteiger partial charge in [0.1, 0.15) is 6.04 Å². The lowest BCUT2D eigenvalue weighted by Gasteiger charge is -2.20. The van der Waals surface area contributed by atoms with Gasteiger partial charge < -0.3 is 10.6 Å². The van der Waals surface area contributed by atoms with Crippen molar-refractivity contribution in [1.82, 2.24) is 10.6 Å². The summed E-state index contributed by atoms with van der Waals surface area (Å²) in [6.07, 6.45) is 2.56. The molecule has 1 saturated carbocycles. The highest BCUT2D eigenvalue weighted by Gasteiger charge is 2.29. The summed E-state index contributed by atoms with van der Waals surface area (Å²) < 4.78 is 0. The van der Waals surface area contributed by atoms with Gasteiger partial charge in [-0.2, -0.15) is 11.3 Å². The van der Waals surface area contributed by atoms with Crippen LogP contribution >= 0.6 is 11.3 Å². The van der Waals surface area contributed by atoms with Crippen molar-refractivity contribution >= 4 is 23.2 Å². The maximum Gasteiger partial charge on any atom is 0.243 e. The molecule has 2 aromatic rings. The number of thiophene rings is 1. The molecule has 0 bridgehead atoms. The second-order valence-electron chi connectivity index (χ2n) is 6.31. The van der Waals surface area contributed by atoms with E-state index in [0.29, 0.717) is 6.42 Å². The zero-order valence-corrected chi connectivity index (χ0v) is 14.5. The van der Waals surface area contributed by atoms with Crippen molar-refractivity contribution in [3.05, 3.63) is 58.3 Å². The molecule has 0 saturated heterocycles. The van der Waals surface area contributed by atoms with E-state index in [0.717, 1.165) is 24.0 Å². The van der Waals surface area contributed by atoms with Crippen LogP contribution in [0.4, 0.5) is 0 Å². The van der Waals surface area contributed by atoms with Gasteiger partial charge in [0.25, 0.3) is 0 Å². The van der Waals surface area contributed by atoms with Crippen LogP contribution in [0.1, 0.15) is 36.8 Å². The van der Waals surface area contributed by atoms with Crippen molar-refractivity contribution in [2.24, 2.45) is 0 Å². The van der Waals surface area contributed by atoms with Gasteiger partial charge in [-0.1, -0.05) is 30.3 Å². The van der Waals surface area contributed by atoms with Crippen LogP contribution in [0.25, 0.3) is 0 Å². The van der Waals surface area contributed by atoms with Crippen molar-refractivity contribution < 1.29 is 9.59 Å². The summed E-state index contributed by atoms with van der Waals surface area (Å²) >= 11 is 1.57. The molecular formula is C19H22N2O2S. The molecule has 2 atom stereocenters. The van der Waals surface area contributed by atoms with Crippen LogP contribution in [-0.4, -0.2) is 23.9 Å². The number of nitrogens with one attached hydrogen (secondary N) is 2. The van der Waals surface area contributed by atoms with Crippen molar-refractivity contribution in [3.63, 3.8) is 0 Å². The second kappa shape index (κ2) is 7.62. The molecule has 1 aromatic heterocycles. The average molecular weight is 342 g/mol. The van der Waals surface area contributed by atoms with Gasteiger partial charge in [-0.25, -0.2) is 0 Å². The molecule has 24 heavy (non-hydrogen) atoms. The third-order valence-electron chi connectivity index (χ3n) is 4.28. The summed E-state index contributed by atoms with van der Waals surface area (Å²) in [7, 11) is 0. The van der Waals surface area contributed by atoms with Crippen molar-refractivity contribution in [1.29, 1.82) is 0 Å². The van der Waals surface area contributed by atoms with Gasteiger partial charge in [0.15, 0.2) is 0 Å². The molecule has 0 spiro atoms. The monoisotopic (exact) mass is 342 g/mol. The van der Waals surface area contributed by atoms with Crippen molar-refractivity contribution in [2.75, 3.05) is 0 Å². The molecular weight excluding hydrogens is 320 g/mol. The first kappa shape index (κ1) is 16.7. The lowest BCUT2D eigenvalue weighted by Crippen LogP contribution is -2.49. The van der Waals surface area contributed by atoms with Gasteiger partial charge in [-0.15, -0.1) is 0 Å². The van der Waals surface area contributed by atoms with Gasteiger partial charge in [-0.3, -0.25) is 9.59 Å². The third kappa shape index (κ3) is 4.45. The minimum atomic E-state index is -0.540. The van der Waals surface area contributed by atoms with E-state index in [1.807, 2.05) is 54.1 Å². The standard InChI is InChI=1S/C19H22N2O2S/c1-13(15-9-10-24-12-15)18(22)21-17(19(23)20-16-7-8-16)11-14-5-3-2-4-6-14/h2-6,9-10,12-13,16-17H,7-8,11H2,1H3,(H,20,23)(H,21,22). The summed E-state index contributed by atoms with van der Waals surface area (Å²) in [5, 5.41) is 9.87. The summed E-state index contributed by atoms with van der Waals surface area (Å²) in [5.74, 6) is -0.462. The summed E-state index contributed by atoms with van der Waals surface area (Å²) in [5.41, 5.74) is 2.02. The van der Waals surface area contributed by atoms with Crippen molar-refractivity contribution in [3.8, 4) is 0 Å². The molecule has 5 heteroatoms. The van der Waals surface area contributed by atoms with Crippen LogP contribution in [0.5, 0.6) is 0 Å². The summed E-state index contributed by atoms with van der Waals surface area (Å²) in [6, 6.07) is 11.5. The molecule has 2 amide bonds. The van der Waals surface area contributed by atoms with E-state index in [1.165, 1.54) is 0 Å². The molecule has 1 aliphatic rings. The van der Waals surface area contributed by atoms with E-state index in [1.54, 1.807) is 11.3 Å². The van der Waals surface area contributed by atoms with Crippen LogP contribution in [0.15, 0.2) is 47.2 Å². The molecule has 126 valence electrons. The quantitative estimate of drug-likeness (QED) is 0.813. The highest BCUT2D eigenvalue weighted by molar-refractivity contribution is 7.08. The fourth-order valence-electron chi connectivity index (χ4n) is 2.56. The van der Waals surface area contributed by atoms with Crippen molar-refractivity contribution in [2.45, 2.75) is 44.2 Å². The fraction of sp³-hybridized carbons (Fsp3) is 0.368. The van der Waals surface area contributed by atoms with Gasteiger partial charge in [-0.05, 0) is 47.7 Å². The SMILES string of the molecule is CC(C(=O)NC(Cc1ccccc1)C(=O)NC1CC1)c1ccsc1. The molecule has 2 unspecified atom stereocenters. The van der Waals surface area contributed by atoms with Gasteiger partial charge in [0, 0.05) is 12.5 Å². The van der Waals surface area contributed by atoms with Gasteiger partial charge in [0.2, 0.25) is 11.8 Å². The topological polar surface area (TPSA) is 58.2 Å². The Morgan fingerprint density at radius 3 is 2.54 bits per heavy atom. The molecule has 2 N–H and O–H groups in total. The molecule has 3 rings (SSSR count). The third-order valence-corrected chi connectivity index (χ3v) is 4.98. The number of carbonyl (C=O) groups is 2. The smallest absolute Gasteiger partial charge is 0.243 e.